The van der Waals surface area contributed by atoms with Crippen molar-refractivity contribution in [1.82, 2.24) is 14.5 Å². The van der Waals surface area contributed by atoms with Gasteiger partial charge in [-0.05, 0) is 36.0 Å². The second kappa shape index (κ2) is 7.35. The number of rotatable bonds is 4. The number of benzene rings is 2. The molecule has 4 rings (SSSR count). The van der Waals surface area contributed by atoms with Crippen LogP contribution in [-0.4, -0.2) is 53.5 Å². The summed E-state index contributed by atoms with van der Waals surface area (Å²) in [5.41, 5.74) is 1.46. The van der Waals surface area contributed by atoms with Crippen molar-refractivity contribution in [3.8, 4) is 0 Å². The Morgan fingerprint density at radius 1 is 1.08 bits per heavy atom. The summed E-state index contributed by atoms with van der Waals surface area (Å²) >= 11 is 1.39. The van der Waals surface area contributed by atoms with Gasteiger partial charge in [0.2, 0.25) is 0 Å². The van der Waals surface area contributed by atoms with Gasteiger partial charge in [0.05, 0.1) is 0 Å². The maximum absolute atomic E-state index is 12.6. The monoisotopic (exact) mass is 364 g/mol. The number of likely N-dealkylation sites (N-methyl/N-ethyl adjacent to an activating group) is 1. The highest BCUT2D eigenvalue weighted by atomic mass is 32.1. The second-order valence-corrected chi connectivity index (χ2v) is 7.25. The van der Waals surface area contributed by atoms with Crippen LogP contribution in [0.4, 0.5) is 5.00 Å². The number of piperazine rings is 1. The third-order valence-electron chi connectivity index (χ3n) is 4.71. The summed E-state index contributed by atoms with van der Waals surface area (Å²) in [7, 11) is 2.13. The van der Waals surface area contributed by atoms with E-state index in [4.69, 9.17) is 0 Å². The number of fused-ring (bicyclic) bond motifs is 1. The average Bonchev–Trinajstić information content (AvgIpc) is 3.15. The van der Waals surface area contributed by atoms with Gasteiger partial charge in [0.15, 0.2) is 5.78 Å². The molecule has 2 heterocycles. The van der Waals surface area contributed by atoms with Gasteiger partial charge in [-0.25, -0.2) is 0 Å². The van der Waals surface area contributed by atoms with Gasteiger partial charge >= 0.3 is 0 Å². The predicted molar refractivity (Wildman–Crippen MR) is 107 cm³/mol. The molecule has 0 aliphatic carbocycles. The zero-order chi connectivity index (χ0) is 17.9. The first-order valence-corrected chi connectivity index (χ1v) is 9.45. The Balaban J connectivity index is 1.52. The van der Waals surface area contributed by atoms with Crippen LogP contribution in [0.2, 0.25) is 0 Å². The van der Waals surface area contributed by atoms with E-state index in [0.29, 0.717) is 5.56 Å². The molecule has 132 valence electrons. The minimum Gasteiger partial charge on any atom is -0.358 e. The second-order valence-electron chi connectivity index (χ2n) is 6.51. The number of anilines is 1. The molecule has 0 bridgehead atoms. The summed E-state index contributed by atoms with van der Waals surface area (Å²) in [5, 5.41) is 7.45. The number of aromatic nitrogens is 2. The zero-order valence-electron chi connectivity index (χ0n) is 14.6. The predicted octanol–water partition coefficient (Wildman–Crippen LogP) is 3.34. The highest BCUT2D eigenvalue weighted by Crippen LogP contribution is 2.25. The van der Waals surface area contributed by atoms with E-state index in [1.165, 1.54) is 11.5 Å². The normalized spacial score (nSPS) is 15.8. The molecule has 1 saturated heterocycles. The fourth-order valence-electron chi connectivity index (χ4n) is 3.12. The molecule has 1 aliphatic rings. The molecule has 5 nitrogen and oxygen atoms in total. The summed E-state index contributed by atoms with van der Waals surface area (Å²) < 4.78 is 4.08. The molecule has 1 fully saturated rings. The summed E-state index contributed by atoms with van der Waals surface area (Å²) in [5.74, 6) is -0.0203. The van der Waals surface area contributed by atoms with Crippen LogP contribution in [0.5, 0.6) is 0 Å². The lowest BCUT2D eigenvalue weighted by Gasteiger charge is -2.32. The smallest absolute Gasteiger partial charge is 0.185 e. The number of hydrogen-bond donors (Lipinski definition) is 0. The fourth-order valence-corrected chi connectivity index (χ4v) is 3.83. The summed E-state index contributed by atoms with van der Waals surface area (Å²) in [4.78, 5) is 17.2. The van der Waals surface area contributed by atoms with E-state index in [1.807, 2.05) is 42.5 Å². The summed E-state index contributed by atoms with van der Waals surface area (Å²) in [6.45, 7) is 3.97. The Hall–Kier alpha value is -2.57. The lowest BCUT2D eigenvalue weighted by Crippen LogP contribution is -2.44. The molecule has 3 aromatic rings. The van der Waals surface area contributed by atoms with Crippen molar-refractivity contribution in [2.45, 2.75) is 0 Å². The van der Waals surface area contributed by atoms with Gasteiger partial charge in [0.1, 0.15) is 10.7 Å². The fraction of sp³-hybridized carbons (Fsp3) is 0.250. The summed E-state index contributed by atoms with van der Waals surface area (Å²) in [6.07, 6.45) is 3.38. The van der Waals surface area contributed by atoms with Crippen LogP contribution in [0, 0.1) is 0 Å². The van der Waals surface area contributed by atoms with Crippen LogP contribution in [0.3, 0.4) is 0 Å². The third kappa shape index (κ3) is 3.52. The minimum absolute atomic E-state index is 0.0203. The quantitative estimate of drug-likeness (QED) is 0.525. The Morgan fingerprint density at radius 2 is 1.85 bits per heavy atom. The van der Waals surface area contributed by atoms with E-state index in [0.717, 1.165) is 47.6 Å². The van der Waals surface area contributed by atoms with Crippen molar-refractivity contribution in [2.24, 2.45) is 0 Å². The maximum Gasteiger partial charge on any atom is 0.185 e. The van der Waals surface area contributed by atoms with Crippen LogP contribution < -0.4 is 4.90 Å². The molecule has 0 atom stereocenters. The van der Waals surface area contributed by atoms with Crippen LogP contribution in [0.25, 0.3) is 16.8 Å². The molecule has 6 heteroatoms. The Kier molecular flexibility index (Phi) is 4.77. The van der Waals surface area contributed by atoms with Gasteiger partial charge < -0.3 is 9.80 Å². The van der Waals surface area contributed by atoms with Crippen LogP contribution in [0.1, 0.15) is 16.1 Å². The van der Waals surface area contributed by atoms with Crippen LogP contribution >= 0.6 is 11.5 Å². The van der Waals surface area contributed by atoms with Gasteiger partial charge in [-0.15, -0.1) is 5.10 Å². The third-order valence-corrected chi connectivity index (χ3v) is 5.52. The molecule has 0 amide bonds. The van der Waals surface area contributed by atoms with Gasteiger partial charge in [0.25, 0.3) is 0 Å². The molecule has 0 N–H and O–H groups in total. The molecule has 0 saturated carbocycles. The van der Waals surface area contributed by atoms with E-state index in [2.05, 4.69) is 26.4 Å². The highest BCUT2D eigenvalue weighted by molar-refractivity contribution is 7.10. The number of nitrogens with zero attached hydrogens (tertiary/aromatic N) is 4. The molecule has 1 aliphatic heterocycles. The van der Waals surface area contributed by atoms with Crippen LogP contribution in [-0.2, 0) is 0 Å². The van der Waals surface area contributed by atoms with Gasteiger partial charge in [-0.1, -0.05) is 40.9 Å². The van der Waals surface area contributed by atoms with Crippen LogP contribution in [0.15, 0.2) is 48.5 Å². The van der Waals surface area contributed by atoms with Crippen molar-refractivity contribution < 1.29 is 4.79 Å². The summed E-state index contributed by atoms with van der Waals surface area (Å²) in [6, 6.07) is 13.8. The standard InChI is InChI=1S/C20H20N4OS/c1-23-10-12-24(13-11-23)20-18(21-22-26-20)8-9-19(25)17-7-6-15-4-2-3-5-16(15)14-17/h2-9,14H,10-13H2,1H3. The first-order valence-electron chi connectivity index (χ1n) is 8.68. The van der Waals surface area contributed by atoms with Gasteiger partial charge in [-0.2, -0.15) is 0 Å². The zero-order valence-corrected chi connectivity index (χ0v) is 15.4. The molecule has 0 spiro atoms. The number of allylic oxidation sites excluding steroid dienone is 1. The largest absolute Gasteiger partial charge is 0.358 e. The van der Waals surface area contributed by atoms with E-state index < -0.39 is 0 Å². The number of carbonyl (C=O) groups is 1. The lowest BCUT2D eigenvalue weighted by molar-refractivity contribution is 0.104. The van der Waals surface area contributed by atoms with Gasteiger partial charge in [0, 0.05) is 43.3 Å². The first kappa shape index (κ1) is 16.9. The first-order chi connectivity index (χ1) is 12.7. The molecule has 2 aromatic carbocycles. The van der Waals surface area contributed by atoms with E-state index >= 15 is 0 Å². The molecule has 0 radical (unpaired) electrons. The van der Waals surface area contributed by atoms with E-state index in [-0.39, 0.29) is 5.78 Å². The minimum atomic E-state index is -0.0203. The molecule has 26 heavy (non-hydrogen) atoms. The van der Waals surface area contributed by atoms with Crippen molar-refractivity contribution >= 4 is 39.2 Å². The molecule has 0 unspecified atom stereocenters. The Morgan fingerprint density at radius 3 is 2.65 bits per heavy atom. The van der Waals surface area contributed by atoms with E-state index in [1.54, 1.807) is 12.2 Å². The van der Waals surface area contributed by atoms with Crippen molar-refractivity contribution in [1.29, 1.82) is 0 Å². The molecular weight excluding hydrogens is 344 g/mol. The van der Waals surface area contributed by atoms with Crippen molar-refractivity contribution in [2.75, 3.05) is 38.1 Å². The van der Waals surface area contributed by atoms with E-state index in [9.17, 15) is 4.79 Å². The number of carbonyl (C=O) groups excluding carboxylic acids is 1. The van der Waals surface area contributed by atoms with Crippen molar-refractivity contribution in [3.63, 3.8) is 0 Å². The average molecular weight is 364 g/mol. The molecular formula is C20H20N4OS. The van der Waals surface area contributed by atoms with Gasteiger partial charge in [-0.3, -0.25) is 4.79 Å². The molecule has 1 aromatic heterocycles. The Labute approximate surface area is 156 Å². The topological polar surface area (TPSA) is 49.3 Å². The lowest BCUT2D eigenvalue weighted by atomic mass is 10.0. The number of ketones is 1. The SMILES string of the molecule is CN1CCN(c2snnc2C=CC(=O)c2ccc3ccccc3c2)CC1. The highest BCUT2D eigenvalue weighted by Gasteiger charge is 2.19. The Bertz CT molecular complexity index is 957. The van der Waals surface area contributed by atoms with Crippen molar-refractivity contribution in [3.05, 3.63) is 59.8 Å². The maximum atomic E-state index is 12.6. The number of hydrogen-bond acceptors (Lipinski definition) is 6.